The van der Waals surface area contributed by atoms with Crippen molar-refractivity contribution >= 4 is 28.4 Å². The highest BCUT2D eigenvalue weighted by molar-refractivity contribution is 6.00. The van der Waals surface area contributed by atoms with E-state index < -0.39 is 18.2 Å². The number of rotatable bonds is 9. The molecule has 1 aromatic heterocycles. The minimum Gasteiger partial charge on any atom is -0.395 e. The van der Waals surface area contributed by atoms with Gasteiger partial charge in [0.15, 0.2) is 11.5 Å². The number of carbonyl (C=O) groups is 2. The van der Waals surface area contributed by atoms with E-state index in [1.807, 2.05) is 66.9 Å². The van der Waals surface area contributed by atoms with Crippen molar-refractivity contribution in [3.63, 3.8) is 0 Å². The van der Waals surface area contributed by atoms with E-state index in [9.17, 15) is 23.5 Å². The number of aromatic nitrogens is 1. The van der Waals surface area contributed by atoms with E-state index in [4.69, 9.17) is 0 Å². The van der Waals surface area contributed by atoms with E-state index in [1.54, 1.807) is 0 Å². The standard InChI is InChI=1S/C31H31F2N3O5/c1-19-8-7-11-23-24(20(2)36(14-15-37)29(19)23)18-28(38)34-25(16-21-9-5-4-6-10-21)30(39)35(3)22-12-13-26-27(17-22)41-31(32,33)40-26/h4-13,17,25,37H,14-16,18H2,1-3H3,(H,34,38)/t25-/m0/s1. The molecule has 0 unspecified atom stereocenters. The molecule has 1 aliphatic heterocycles. The van der Waals surface area contributed by atoms with Gasteiger partial charge in [-0.2, -0.15) is 0 Å². The van der Waals surface area contributed by atoms with Gasteiger partial charge in [-0.1, -0.05) is 48.5 Å². The SMILES string of the molecule is Cc1cccc2c(CC(=O)N[C@@H](Cc3ccccc3)C(=O)N(C)c3ccc4c(c3)OC(F)(F)O4)c(C)n(CCO)c12. The Morgan fingerprint density at radius 2 is 1.76 bits per heavy atom. The predicted molar refractivity (Wildman–Crippen MR) is 150 cm³/mol. The molecule has 2 N–H and O–H groups in total. The second kappa shape index (κ2) is 11.2. The smallest absolute Gasteiger partial charge is 0.395 e. The van der Waals surface area contributed by atoms with E-state index in [-0.39, 0.29) is 36.9 Å². The van der Waals surface area contributed by atoms with Gasteiger partial charge in [-0.05, 0) is 42.7 Å². The molecule has 10 heteroatoms. The van der Waals surface area contributed by atoms with Crippen molar-refractivity contribution in [2.24, 2.45) is 0 Å². The Hall–Kier alpha value is -4.44. The minimum absolute atomic E-state index is 0.0333. The van der Waals surface area contributed by atoms with Gasteiger partial charge in [0.05, 0.1) is 18.5 Å². The third kappa shape index (κ3) is 5.74. The molecule has 0 spiro atoms. The number of aliphatic hydroxyl groups excluding tert-OH is 1. The number of para-hydroxylation sites is 1. The quantitative estimate of drug-likeness (QED) is 0.313. The van der Waals surface area contributed by atoms with Crippen molar-refractivity contribution in [1.29, 1.82) is 0 Å². The molecule has 1 atom stereocenters. The number of alkyl halides is 2. The summed E-state index contributed by atoms with van der Waals surface area (Å²) >= 11 is 0. The maximum absolute atomic E-state index is 13.7. The number of hydrogen-bond acceptors (Lipinski definition) is 5. The van der Waals surface area contributed by atoms with Crippen LogP contribution in [0.25, 0.3) is 10.9 Å². The number of likely N-dealkylation sites (N-methyl/N-ethyl adjacent to an activating group) is 1. The zero-order valence-corrected chi connectivity index (χ0v) is 23.0. The first-order valence-electron chi connectivity index (χ1n) is 13.3. The minimum atomic E-state index is -3.77. The van der Waals surface area contributed by atoms with Crippen LogP contribution in [0, 0.1) is 13.8 Å². The number of carbonyl (C=O) groups excluding carboxylic acids is 2. The fraction of sp³-hybridized carbons (Fsp3) is 0.290. The molecular weight excluding hydrogens is 532 g/mol. The molecule has 8 nitrogen and oxygen atoms in total. The molecule has 0 saturated carbocycles. The average molecular weight is 564 g/mol. The summed E-state index contributed by atoms with van der Waals surface area (Å²) in [6.07, 6.45) is -3.52. The molecule has 2 amide bonds. The van der Waals surface area contributed by atoms with E-state index in [1.165, 1.54) is 30.1 Å². The number of aryl methyl sites for hydroxylation is 1. The number of nitrogens with zero attached hydrogens (tertiary/aromatic N) is 2. The number of anilines is 1. The van der Waals surface area contributed by atoms with Crippen LogP contribution in [0.3, 0.4) is 0 Å². The van der Waals surface area contributed by atoms with Gasteiger partial charge in [0.1, 0.15) is 6.04 Å². The lowest BCUT2D eigenvalue weighted by Gasteiger charge is -2.25. The molecular formula is C31H31F2N3O5. The normalized spacial score (nSPS) is 14.2. The zero-order valence-electron chi connectivity index (χ0n) is 23.0. The van der Waals surface area contributed by atoms with Crippen LogP contribution in [0.15, 0.2) is 66.7 Å². The second-order valence-electron chi connectivity index (χ2n) is 10.1. The van der Waals surface area contributed by atoms with Crippen LogP contribution >= 0.6 is 0 Å². The van der Waals surface area contributed by atoms with Gasteiger partial charge in [-0.15, -0.1) is 8.78 Å². The van der Waals surface area contributed by atoms with Crippen molar-refractivity contribution in [2.75, 3.05) is 18.6 Å². The molecule has 4 aromatic rings. The number of aliphatic hydroxyl groups is 1. The Labute approximate surface area is 236 Å². The molecule has 0 saturated heterocycles. The maximum atomic E-state index is 13.7. The Morgan fingerprint density at radius 3 is 2.49 bits per heavy atom. The summed E-state index contributed by atoms with van der Waals surface area (Å²) in [5.41, 5.74) is 4.85. The molecule has 41 heavy (non-hydrogen) atoms. The Kier molecular flexibility index (Phi) is 7.68. The number of ether oxygens (including phenoxy) is 2. The maximum Gasteiger partial charge on any atom is 0.586 e. The Morgan fingerprint density at radius 1 is 1.02 bits per heavy atom. The lowest BCUT2D eigenvalue weighted by molar-refractivity contribution is -0.286. The predicted octanol–water partition coefficient (Wildman–Crippen LogP) is 4.50. The van der Waals surface area contributed by atoms with Crippen LogP contribution in [0.1, 0.15) is 22.4 Å². The van der Waals surface area contributed by atoms with E-state index >= 15 is 0 Å². The second-order valence-corrected chi connectivity index (χ2v) is 10.1. The van der Waals surface area contributed by atoms with Crippen LogP contribution in [-0.2, 0) is 29.0 Å². The van der Waals surface area contributed by atoms with Crippen LogP contribution in [0.4, 0.5) is 14.5 Å². The first kappa shape index (κ1) is 28.1. The van der Waals surface area contributed by atoms with Crippen LogP contribution in [-0.4, -0.2) is 47.5 Å². The number of amides is 2. The number of fused-ring (bicyclic) bond motifs is 2. The lowest BCUT2D eigenvalue weighted by Crippen LogP contribution is -2.49. The van der Waals surface area contributed by atoms with Gasteiger partial charge in [-0.25, -0.2) is 0 Å². The monoisotopic (exact) mass is 563 g/mol. The molecule has 0 aliphatic carbocycles. The van der Waals surface area contributed by atoms with Gasteiger partial charge in [0.25, 0.3) is 0 Å². The van der Waals surface area contributed by atoms with E-state index in [2.05, 4.69) is 14.8 Å². The first-order chi connectivity index (χ1) is 19.6. The summed E-state index contributed by atoms with van der Waals surface area (Å²) < 4.78 is 38.1. The average Bonchev–Trinajstić information content (AvgIpc) is 3.40. The van der Waals surface area contributed by atoms with Gasteiger partial charge < -0.3 is 29.4 Å². The molecule has 5 rings (SSSR count). The zero-order chi connectivity index (χ0) is 29.3. The lowest BCUT2D eigenvalue weighted by atomic mass is 10.0. The highest BCUT2D eigenvalue weighted by Crippen LogP contribution is 2.42. The number of benzene rings is 3. The van der Waals surface area contributed by atoms with Gasteiger partial charge in [-0.3, -0.25) is 9.59 Å². The number of nitrogens with one attached hydrogen (secondary N) is 1. The number of halogens is 2. The summed E-state index contributed by atoms with van der Waals surface area (Å²) in [4.78, 5) is 28.5. The van der Waals surface area contributed by atoms with Crippen molar-refractivity contribution in [3.05, 3.63) is 89.1 Å². The van der Waals surface area contributed by atoms with Crippen LogP contribution < -0.4 is 19.7 Å². The van der Waals surface area contributed by atoms with Gasteiger partial charge in [0, 0.05) is 42.8 Å². The largest absolute Gasteiger partial charge is 0.586 e. The Balaban J connectivity index is 1.41. The van der Waals surface area contributed by atoms with Gasteiger partial charge in [0.2, 0.25) is 11.8 Å². The van der Waals surface area contributed by atoms with Crippen molar-refractivity contribution < 1.29 is 33.0 Å². The molecule has 2 heterocycles. The van der Waals surface area contributed by atoms with E-state index in [0.717, 1.165) is 33.3 Å². The van der Waals surface area contributed by atoms with Crippen LogP contribution in [0.5, 0.6) is 11.5 Å². The first-order valence-corrected chi connectivity index (χ1v) is 13.3. The molecule has 0 fully saturated rings. The summed E-state index contributed by atoms with van der Waals surface area (Å²) in [6.45, 7) is 4.26. The fourth-order valence-corrected chi connectivity index (χ4v) is 5.35. The van der Waals surface area contributed by atoms with Crippen LogP contribution in [0.2, 0.25) is 0 Å². The molecule has 3 aromatic carbocycles. The van der Waals surface area contributed by atoms with Crippen molar-refractivity contribution in [2.45, 2.75) is 45.6 Å². The molecule has 0 radical (unpaired) electrons. The third-order valence-corrected chi connectivity index (χ3v) is 7.35. The molecule has 0 bridgehead atoms. The fourth-order valence-electron chi connectivity index (χ4n) is 5.35. The number of hydrogen-bond donors (Lipinski definition) is 2. The van der Waals surface area contributed by atoms with Crippen molar-refractivity contribution in [1.82, 2.24) is 9.88 Å². The summed E-state index contributed by atoms with van der Waals surface area (Å²) in [6, 6.07) is 18.3. The van der Waals surface area contributed by atoms with Gasteiger partial charge >= 0.3 is 6.29 Å². The molecule has 214 valence electrons. The highest BCUT2D eigenvalue weighted by atomic mass is 19.3. The highest BCUT2D eigenvalue weighted by Gasteiger charge is 2.43. The molecule has 1 aliphatic rings. The van der Waals surface area contributed by atoms with Crippen molar-refractivity contribution in [3.8, 4) is 11.5 Å². The summed E-state index contributed by atoms with van der Waals surface area (Å²) in [5, 5.41) is 13.5. The summed E-state index contributed by atoms with van der Waals surface area (Å²) in [7, 11) is 1.51. The summed E-state index contributed by atoms with van der Waals surface area (Å²) in [5.74, 6) is -1.07. The third-order valence-electron chi connectivity index (χ3n) is 7.35. The van der Waals surface area contributed by atoms with E-state index in [0.29, 0.717) is 12.2 Å². The Bertz CT molecular complexity index is 1600. The topological polar surface area (TPSA) is 93.0 Å².